The summed E-state index contributed by atoms with van der Waals surface area (Å²) in [6.45, 7) is 4.20. The SMILES string of the molecule is Cc1cccc(C(=O)N(Cc2ccccc2)C2CC(=O)N(c3ccc(-c4nc5ccc(C)cc5s4)cc3)C2=O)c1. The standard InChI is InChI=1S/C33H27N3O3S/c1-21-7-6-10-25(17-21)32(38)35(20-23-8-4-3-5-9-23)28-19-30(37)36(33(28)39)26-14-12-24(13-15-26)31-34-27-16-11-22(2)18-29(27)40-31/h3-18,28H,19-20H2,1-2H3. The number of hydrogen-bond donors (Lipinski definition) is 0. The van der Waals surface area contributed by atoms with Crippen molar-refractivity contribution in [3.63, 3.8) is 0 Å². The molecule has 7 heteroatoms. The van der Waals surface area contributed by atoms with E-state index in [-0.39, 0.29) is 24.8 Å². The monoisotopic (exact) mass is 545 g/mol. The molecule has 1 aliphatic rings. The van der Waals surface area contributed by atoms with Crippen LogP contribution < -0.4 is 4.90 Å². The number of benzene rings is 4. The summed E-state index contributed by atoms with van der Waals surface area (Å²) in [6, 6.07) is 29.4. The lowest BCUT2D eigenvalue weighted by molar-refractivity contribution is -0.122. The Labute approximate surface area is 236 Å². The van der Waals surface area contributed by atoms with Crippen LogP contribution in [0.5, 0.6) is 0 Å². The molecule has 40 heavy (non-hydrogen) atoms. The number of aryl methyl sites for hydroxylation is 2. The summed E-state index contributed by atoms with van der Waals surface area (Å²) in [4.78, 5) is 48.2. The van der Waals surface area contributed by atoms with Gasteiger partial charge in [-0.1, -0.05) is 54.1 Å². The molecular weight excluding hydrogens is 518 g/mol. The molecular formula is C33H27N3O3S. The average molecular weight is 546 g/mol. The maximum Gasteiger partial charge on any atom is 0.257 e. The molecule has 198 valence electrons. The summed E-state index contributed by atoms with van der Waals surface area (Å²) in [7, 11) is 0. The summed E-state index contributed by atoms with van der Waals surface area (Å²) in [5.41, 5.74) is 5.85. The number of rotatable bonds is 6. The molecule has 4 aromatic carbocycles. The Morgan fingerprint density at radius 3 is 2.40 bits per heavy atom. The van der Waals surface area contributed by atoms with Gasteiger partial charge in [0.2, 0.25) is 5.91 Å². The van der Waals surface area contributed by atoms with Crippen molar-refractivity contribution >= 4 is 45.0 Å². The number of amides is 3. The first-order valence-corrected chi connectivity index (χ1v) is 13.9. The first-order valence-electron chi connectivity index (χ1n) is 13.1. The Balaban J connectivity index is 1.29. The van der Waals surface area contributed by atoms with E-state index >= 15 is 0 Å². The van der Waals surface area contributed by atoms with E-state index in [1.54, 1.807) is 35.6 Å². The minimum Gasteiger partial charge on any atom is -0.322 e. The fourth-order valence-corrected chi connectivity index (χ4v) is 6.16. The smallest absolute Gasteiger partial charge is 0.257 e. The molecule has 0 N–H and O–H groups in total. The van der Waals surface area contributed by atoms with E-state index in [0.717, 1.165) is 31.9 Å². The number of aromatic nitrogens is 1. The zero-order chi connectivity index (χ0) is 27.8. The van der Waals surface area contributed by atoms with Crippen molar-refractivity contribution in [2.45, 2.75) is 32.9 Å². The Morgan fingerprint density at radius 2 is 1.65 bits per heavy atom. The van der Waals surface area contributed by atoms with Gasteiger partial charge >= 0.3 is 0 Å². The maximum absolute atomic E-state index is 13.8. The van der Waals surface area contributed by atoms with Gasteiger partial charge in [-0.3, -0.25) is 14.4 Å². The van der Waals surface area contributed by atoms with Crippen molar-refractivity contribution in [3.8, 4) is 10.6 Å². The van der Waals surface area contributed by atoms with Crippen LogP contribution in [0.15, 0.2) is 97.1 Å². The first-order chi connectivity index (χ1) is 19.4. The molecule has 0 bridgehead atoms. The molecule has 0 aliphatic carbocycles. The van der Waals surface area contributed by atoms with Crippen LogP contribution in [0.1, 0.15) is 33.5 Å². The molecule has 0 spiro atoms. The molecule has 6 rings (SSSR count). The van der Waals surface area contributed by atoms with Gasteiger partial charge in [-0.05, 0) is 73.5 Å². The van der Waals surface area contributed by atoms with Crippen molar-refractivity contribution in [2.75, 3.05) is 4.90 Å². The molecule has 6 nitrogen and oxygen atoms in total. The van der Waals surface area contributed by atoms with Crippen molar-refractivity contribution in [1.29, 1.82) is 0 Å². The number of nitrogens with zero attached hydrogens (tertiary/aromatic N) is 3. The zero-order valence-corrected chi connectivity index (χ0v) is 23.0. The van der Waals surface area contributed by atoms with Gasteiger partial charge in [0, 0.05) is 17.7 Å². The molecule has 1 atom stereocenters. The van der Waals surface area contributed by atoms with Crippen LogP contribution >= 0.6 is 11.3 Å². The largest absolute Gasteiger partial charge is 0.322 e. The number of fused-ring (bicyclic) bond motifs is 1. The summed E-state index contributed by atoms with van der Waals surface area (Å²) in [5, 5.41) is 0.877. The lowest BCUT2D eigenvalue weighted by Crippen LogP contribution is -2.45. The molecule has 1 unspecified atom stereocenters. The topological polar surface area (TPSA) is 70.6 Å². The van der Waals surface area contributed by atoms with E-state index < -0.39 is 11.9 Å². The Hall–Kier alpha value is -4.62. The zero-order valence-electron chi connectivity index (χ0n) is 22.2. The fraction of sp³-hybridized carbons (Fsp3) is 0.152. The number of thiazole rings is 1. The average Bonchev–Trinajstić information content (AvgIpc) is 3.51. The second-order valence-corrected chi connectivity index (χ2v) is 11.1. The highest BCUT2D eigenvalue weighted by Crippen LogP contribution is 2.33. The highest BCUT2D eigenvalue weighted by molar-refractivity contribution is 7.21. The number of hydrogen-bond acceptors (Lipinski definition) is 5. The van der Waals surface area contributed by atoms with E-state index in [9.17, 15) is 14.4 Å². The Bertz CT molecular complexity index is 1740. The molecule has 0 radical (unpaired) electrons. The van der Waals surface area contributed by atoms with Gasteiger partial charge in [0.15, 0.2) is 0 Å². The number of carbonyl (C=O) groups excluding carboxylic acids is 3. The predicted octanol–water partition coefficient (Wildman–Crippen LogP) is 6.55. The second kappa shape index (κ2) is 10.5. The van der Waals surface area contributed by atoms with Crippen molar-refractivity contribution in [2.24, 2.45) is 0 Å². The third-order valence-corrected chi connectivity index (χ3v) is 8.20. The van der Waals surface area contributed by atoms with Crippen molar-refractivity contribution < 1.29 is 14.4 Å². The maximum atomic E-state index is 13.8. The Kier molecular flexibility index (Phi) is 6.74. The van der Waals surface area contributed by atoms with E-state index in [0.29, 0.717) is 11.3 Å². The summed E-state index contributed by atoms with van der Waals surface area (Å²) >= 11 is 1.61. The highest BCUT2D eigenvalue weighted by Gasteiger charge is 2.44. The Morgan fingerprint density at radius 1 is 0.900 bits per heavy atom. The van der Waals surface area contributed by atoms with E-state index in [1.807, 2.05) is 73.7 Å². The number of anilines is 1. The van der Waals surface area contributed by atoms with Crippen molar-refractivity contribution in [1.82, 2.24) is 9.88 Å². The summed E-state index contributed by atoms with van der Waals surface area (Å²) < 4.78 is 1.11. The molecule has 5 aromatic rings. The molecule has 1 fully saturated rings. The van der Waals surface area contributed by atoms with Crippen LogP contribution in [-0.2, 0) is 16.1 Å². The van der Waals surface area contributed by atoms with Crippen LogP contribution in [0, 0.1) is 13.8 Å². The van der Waals surface area contributed by atoms with Gasteiger partial charge in [0.25, 0.3) is 11.8 Å². The third-order valence-electron chi connectivity index (χ3n) is 7.14. The number of carbonyl (C=O) groups is 3. The van der Waals surface area contributed by atoms with Gasteiger partial charge in [0.1, 0.15) is 11.0 Å². The number of imide groups is 1. The minimum atomic E-state index is -0.895. The van der Waals surface area contributed by atoms with Crippen LogP contribution in [0.25, 0.3) is 20.8 Å². The van der Waals surface area contributed by atoms with E-state index in [1.165, 1.54) is 15.4 Å². The van der Waals surface area contributed by atoms with Gasteiger partial charge in [-0.15, -0.1) is 11.3 Å². The van der Waals surface area contributed by atoms with Gasteiger partial charge in [0.05, 0.1) is 22.3 Å². The van der Waals surface area contributed by atoms with Gasteiger partial charge < -0.3 is 4.90 Å². The quantitative estimate of drug-likeness (QED) is 0.227. The molecule has 1 aromatic heterocycles. The van der Waals surface area contributed by atoms with Crippen molar-refractivity contribution in [3.05, 3.63) is 119 Å². The molecule has 2 heterocycles. The minimum absolute atomic E-state index is 0.0673. The van der Waals surface area contributed by atoms with Gasteiger partial charge in [-0.2, -0.15) is 0 Å². The van der Waals surface area contributed by atoms with Crippen LogP contribution in [0.4, 0.5) is 5.69 Å². The lowest BCUT2D eigenvalue weighted by Gasteiger charge is -2.28. The fourth-order valence-electron chi connectivity index (χ4n) is 5.09. The highest BCUT2D eigenvalue weighted by atomic mass is 32.1. The van der Waals surface area contributed by atoms with E-state index in [4.69, 9.17) is 4.98 Å². The molecule has 1 saturated heterocycles. The second-order valence-electron chi connectivity index (χ2n) is 10.1. The van der Waals surface area contributed by atoms with Crippen LogP contribution in [0.2, 0.25) is 0 Å². The van der Waals surface area contributed by atoms with E-state index in [2.05, 4.69) is 13.0 Å². The molecule has 0 saturated carbocycles. The van der Waals surface area contributed by atoms with Crippen LogP contribution in [0.3, 0.4) is 0 Å². The first kappa shape index (κ1) is 25.6. The predicted molar refractivity (Wildman–Crippen MR) is 158 cm³/mol. The summed E-state index contributed by atoms with van der Waals surface area (Å²) in [5.74, 6) is -1.000. The van der Waals surface area contributed by atoms with Crippen LogP contribution in [-0.4, -0.2) is 33.6 Å². The lowest BCUT2D eigenvalue weighted by atomic mass is 10.1. The summed E-state index contributed by atoms with van der Waals surface area (Å²) in [6.07, 6.45) is -0.0673. The molecule has 1 aliphatic heterocycles. The normalized spacial score (nSPS) is 15.2. The molecule has 3 amide bonds. The van der Waals surface area contributed by atoms with Gasteiger partial charge in [-0.25, -0.2) is 9.88 Å². The third kappa shape index (κ3) is 4.92.